The SMILES string of the molecule is Nc1c2c(cc(=O)n1-c1ccc(-c3ccc(C4OCCO4)cc3)cc1)C(=O)NC2=O. The minimum atomic E-state index is -0.613. The minimum Gasteiger partial charge on any atom is -0.384 e. The fourth-order valence-corrected chi connectivity index (χ4v) is 3.73. The van der Waals surface area contributed by atoms with E-state index in [9.17, 15) is 14.4 Å². The molecule has 3 aromatic rings. The third kappa shape index (κ3) is 2.90. The first-order chi connectivity index (χ1) is 14.5. The smallest absolute Gasteiger partial charge is 0.262 e. The number of hydrogen-bond acceptors (Lipinski definition) is 6. The summed E-state index contributed by atoms with van der Waals surface area (Å²) in [7, 11) is 0. The highest BCUT2D eigenvalue weighted by Crippen LogP contribution is 2.28. The molecule has 3 heterocycles. The maximum absolute atomic E-state index is 12.5. The predicted molar refractivity (Wildman–Crippen MR) is 108 cm³/mol. The minimum absolute atomic E-state index is 0.00526. The van der Waals surface area contributed by atoms with Crippen molar-refractivity contribution >= 4 is 17.6 Å². The summed E-state index contributed by atoms with van der Waals surface area (Å²) in [5.41, 5.74) is 9.01. The van der Waals surface area contributed by atoms with E-state index in [-0.39, 0.29) is 23.2 Å². The van der Waals surface area contributed by atoms with Crippen molar-refractivity contribution in [3.8, 4) is 16.8 Å². The Morgan fingerprint density at radius 3 is 2.10 bits per heavy atom. The molecule has 0 unspecified atom stereocenters. The lowest BCUT2D eigenvalue weighted by Crippen LogP contribution is -2.24. The lowest BCUT2D eigenvalue weighted by atomic mass is 10.0. The molecule has 0 radical (unpaired) electrons. The Hall–Kier alpha value is -3.75. The van der Waals surface area contributed by atoms with Gasteiger partial charge < -0.3 is 15.2 Å². The third-order valence-corrected chi connectivity index (χ3v) is 5.22. The van der Waals surface area contributed by atoms with E-state index >= 15 is 0 Å². The molecule has 1 saturated heterocycles. The molecule has 0 atom stereocenters. The zero-order valence-electron chi connectivity index (χ0n) is 15.8. The van der Waals surface area contributed by atoms with Crippen LogP contribution in [0.3, 0.4) is 0 Å². The van der Waals surface area contributed by atoms with Crippen molar-refractivity contribution in [3.63, 3.8) is 0 Å². The first-order valence-corrected chi connectivity index (χ1v) is 9.38. The van der Waals surface area contributed by atoms with Crippen LogP contribution in [0.5, 0.6) is 0 Å². The number of nitrogen functional groups attached to an aromatic ring is 1. The number of nitrogens with two attached hydrogens (primary N) is 1. The van der Waals surface area contributed by atoms with Gasteiger partial charge in [0.25, 0.3) is 17.4 Å². The Bertz CT molecular complexity index is 1220. The second kappa shape index (κ2) is 6.94. The number of nitrogens with one attached hydrogen (secondary N) is 1. The average Bonchev–Trinajstić information content (AvgIpc) is 3.37. The molecular weight excluding hydrogens is 386 g/mol. The van der Waals surface area contributed by atoms with Crippen molar-refractivity contribution in [3.05, 3.63) is 81.6 Å². The Kier molecular flexibility index (Phi) is 4.23. The highest BCUT2D eigenvalue weighted by Gasteiger charge is 2.31. The zero-order chi connectivity index (χ0) is 20.8. The van der Waals surface area contributed by atoms with E-state index in [4.69, 9.17) is 15.2 Å². The van der Waals surface area contributed by atoms with Gasteiger partial charge in [-0.3, -0.25) is 24.3 Å². The van der Waals surface area contributed by atoms with E-state index in [1.54, 1.807) is 12.1 Å². The summed E-state index contributed by atoms with van der Waals surface area (Å²) in [4.78, 5) is 36.3. The fraction of sp³-hybridized carbons (Fsp3) is 0.136. The van der Waals surface area contributed by atoms with Crippen LogP contribution >= 0.6 is 0 Å². The van der Waals surface area contributed by atoms with Gasteiger partial charge in [-0.25, -0.2) is 0 Å². The lowest BCUT2D eigenvalue weighted by Gasteiger charge is -2.13. The van der Waals surface area contributed by atoms with Gasteiger partial charge in [0.1, 0.15) is 5.82 Å². The molecule has 2 amide bonds. The molecule has 0 bridgehead atoms. The van der Waals surface area contributed by atoms with Crippen LogP contribution in [0, 0.1) is 0 Å². The van der Waals surface area contributed by atoms with E-state index in [1.165, 1.54) is 4.57 Å². The van der Waals surface area contributed by atoms with E-state index < -0.39 is 17.4 Å². The second-order valence-electron chi connectivity index (χ2n) is 7.02. The van der Waals surface area contributed by atoms with E-state index in [0.717, 1.165) is 22.8 Å². The highest BCUT2D eigenvalue weighted by molar-refractivity contribution is 6.23. The van der Waals surface area contributed by atoms with Crippen molar-refractivity contribution in [1.29, 1.82) is 0 Å². The molecule has 3 N–H and O–H groups in total. The Labute approximate surface area is 170 Å². The summed E-state index contributed by atoms with van der Waals surface area (Å²) in [5.74, 6) is -1.28. The Balaban J connectivity index is 1.47. The number of carbonyl (C=O) groups is 2. The molecule has 1 aromatic heterocycles. The van der Waals surface area contributed by atoms with Gasteiger partial charge in [-0.1, -0.05) is 36.4 Å². The lowest BCUT2D eigenvalue weighted by molar-refractivity contribution is -0.0441. The first kappa shape index (κ1) is 18.3. The largest absolute Gasteiger partial charge is 0.384 e. The number of nitrogens with zero attached hydrogens (tertiary/aromatic N) is 1. The van der Waals surface area contributed by atoms with Crippen LogP contribution in [0.2, 0.25) is 0 Å². The number of hydrogen-bond donors (Lipinski definition) is 2. The molecule has 30 heavy (non-hydrogen) atoms. The van der Waals surface area contributed by atoms with Crippen molar-refractivity contribution in [2.45, 2.75) is 6.29 Å². The van der Waals surface area contributed by atoms with Gasteiger partial charge >= 0.3 is 0 Å². The quantitative estimate of drug-likeness (QED) is 0.647. The molecule has 1 fully saturated rings. The Morgan fingerprint density at radius 1 is 0.867 bits per heavy atom. The van der Waals surface area contributed by atoms with Crippen LogP contribution < -0.4 is 16.6 Å². The highest BCUT2D eigenvalue weighted by atomic mass is 16.7. The molecule has 2 aliphatic heterocycles. The number of pyridine rings is 1. The number of anilines is 1. The van der Waals surface area contributed by atoms with Crippen LogP contribution in [-0.2, 0) is 9.47 Å². The van der Waals surface area contributed by atoms with Gasteiger partial charge in [-0.05, 0) is 23.3 Å². The molecule has 2 aliphatic rings. The number of ether oxygens (including phenoxy) is 2. The summed E-state index contributed by atoms with van der Waals surface area (Å²) in [6.45, 7) is 1.18. The molecule has 0 aliphatic carbocycles. The number of amides is 2. The average molecular weight is 403 g/mol. The maximum atomic E-state index is 12.5. The summed E-state index contributed by atoms with van der Waals surface area (Å²) in [6.07, 6.45) is -0.319. The molecule has 5 rings (SSSR count). The van der Waals surface area contributed by atoms with Crippen molar-refractivity contribution < 1.29 is 19.1 Å². The monoisotopic (exact) mass is 403 g/mol. The van der Waals surface area contributed by atoms with E-state index in [1.807, 2.05) is 36.4 Å². The van der Waals surface area contributed by atoms with Crippen LogP contribution in [0.15, 0.2) is 59.4 Å². The van der Waals surface area contributed by atoms with E-state index in [2.05, 4.69) is 5.32 Å². The summed E-state index contributed by atoms with van der Waals surface area (Å²) in [6, 6.07) is 16.2. The van der Waals surface area contributed by atoms with Crippen LogP contribution in [0.1, 0.15) is 32.6 Å². The number of imide groups is 1. The Morgan fingerprint density at radius 2 is 1.47 bits per heavy atom. The zero-order valence-corrected chi connectivity index (χ0v) is 15.8. The second-order valence-corrected chi connectivity index (χ2v) is 7.02. The normalized spacial score (nSPS) is 16.0. The van der Waals surface area contributed by atoms with Crippen molar-refractivity contribution in [2.24, 2.45) is 0 Å². The summed E-state index contributed by atoms with van der Waals surface area (Å²) in [5, 5.41) is 2.16. The van der Waals surface area contributed by atoms with Crippen LogP contribution in [0.4, 0.5) is 5.82 Å². The number of carbonyl (C=O) groups excluding carboxylic acids is 2. The standard InChI is InChI=1S/C22H17N3O5/c23-19-18-16(20(27)24-21(18)28)11-17(26)25(19)15-7-5-13(6-8-15)12-1-3-14(4-2-12)22-29-9-10-30-22/h1-8,11,22H,9-10,23H2,(H,24,27,28). The predicted octanol–water partition coefficient (Wildman–Crippen LogP) is 2.02. The van der Waals surface area contributed by atoms with Gasteiger partial charge in [0.2, 0.25) is 0 Å². The van der Waals surface area contributed by atoms with Gasteiger partial charge in [0.15, 0.2) is 6.29 Å². The van der Waals surface area contributed by atoms with Gasteiger partial charge in [-0.2, -0.15) is 0 Å². The molecule has 8 heteroatoms. The summed E-state index contributed by atoms with van der Waals surface area (Å²) >= 11 is 0. The number of rotatable bonds is 3. The number of aromatic nitrogens is 1. The van der Waals surface area contributed by atoms with Gasteiger partial charge in [-0.15, -0.1) is 0 Å². The molecule has 2 aromatic carbocycles. The molecule has 0 spiro atoms. The van der Waals surface area contributed by atoms with Crippen LogP contribution in [0.25, 0.3) is 16.8 Å². The number of fused-ring (bicyclic) bond motifs is 1. The number of benzene rings is 2. The maximum Gasteiger partial charge on any atom is 0.262 e. The topological polar surface area (TPSA) is 113 Å². The molecular formula is C22H17N3O5. The first-order valence-electron chi connectivity index (χ1n) is 9.38. The van der Waals surface area contributed by atoms with E-state index in [0.29, 0.717) is 18.9 Å². The van der Waals surface area contributed by atoms with Gasteiger partial charge in [0, 0.05) is 11.6 Å². The van der Waals surface area contributed by atoms with Gasteiger partial charge in [0.05, 0.1) is 30.0 Å². The molecule has 150 valence electrons. The third-order valence-electron chi connectivity index (χ3n) is 5.22. The molecule has 0 saturated carbocycles. The van der Waals surface area contributed by atoms with Crippen molar-refractivity contribution in [1.82, 2.24) is 9.88 Å². The summed E-state index contributed by atoms with van der Waals surface area (Å²) < 4.78 is 12.2. The molecule has 8 nitrogen and oxygen atoms in total. The fourth-order valence-electron chi connectivity index (χ4n) is 3.73. The van der Waals surface area contributed by atoms with Crippen molar-refractivity contribution in [2.75, 3.05) is 18.9 Å². The van der Waals surface area contributed by atoms with Crippen LogP contribution in [-0.4, -0.2) is 29.6 Å².